The Kier molecular flexibility index (Phi) is 5.05. The normalized spacial score (nSPS) is 10.9. The minimum atomic E-state index is -0.765. The summed E-state index contributed by atoms with van der Waals surface area (Å²) in [6, 6.07) is 11.7. The number of H-pyrrole nitrogens is 1. The fraction of sp³-hybridized carbons (Fsp3) is 0.0526. The third-order valence-corrected chi connectivity index (χ3v) is 4.48. The molecule has 146 valence electrons. The highest BCUT2D eigenvalue weighted by atomic mass is 35.5. The molecule has 7 nitrogen and oxygen atoms in total. The van der Waals surface area contributed by atoms with Gasteiger partial charge in [0.25, 0.3) is 0 Å². The molecule has 0 aliphatic heterocycles. The predicted octanol–water partition coefficient (Wildman–Crippen LogP) is 3.53. The summed E-state index contributed by atoms with van der Waals surface area (Å²) in [5, 5.41) is 9.53. The van der Waals surface area contributed by atoms with Gasteiger partial charge in [-0.1, -0.05) is 23.7 Å². The second-order valence-corrected chi connectivity index (χ2v) is 6.33. The van der Waals surface area contributed by atoms with Crippen molar-refractivity contribution in [3.05, 3.63) is 87.4 Å². The fourth-order valence-electron chi connectivity index (χ4n) is 2.75. The van der Waals surface area contributed by atoms with Crippen LogP contribution >= 0.6 is 11.6 Å². The molecule has 0 saturated heterocycles. The van der Waals surface area contributed by atoms with E-state index < -0.39 is 17.3 Å². The van der Waals surface area contributed by atoms with Gasteiger partial charge in [-0.3, -0.25) is 4.98 Å². The van der Waals surface area contributed by atoms with E-state index in [2.05, 4.69) is 20.5 Å². The molecular formula is C19H12ClF2N5O2. The zero-order valence-electron chi connectivity index (χ0n) is 14.6. The topological polar surface area (TPSA) is 85.7 Å². The summed E-state index contributed by atoms with van der Waals surface area (Å²) in [6.07, 6.45) is 1.49. The van der Waals surface area contributed by atoms with E-state index in [-0.39, 0.29) is 22.9 Å². The molecule has 0 spiro atoms. The molecule has 2 aromatic heterocycles. The van der Waals surface area contributed by atoms with Gasteiger partial charge in [0.15, 0.2) is 11.6 Å². The van der Waals surface area contributed by atoms with E-state index in [0.29, 0.717) is 16.9 Å². The number of aromatic amines is 1. The second-order valence-electron chi connectivity index (χ2n) is 5.92. The van der Waals surface area contributed by atoms with Crippen LogP contribution in [0, 0.1) is 11.6 Å². The Labute approximate surface area is 167 Å². The van der Waals surface area contributed by atoms with Crippen molar-refractivity contribution in [1.82, 2.24) is 25.2 Å². The maximum Gasteiger partial charge on any atom is 0.365 e. The van der Waals surface area contributed by atoms with Crippen LogP contribution in [-0.4, -0.2) is 25.2 Å². The van der Waals surface area contributed by atoms with Crippen molar-refractivity contribution in [3.8, 4) is 22.7 Å². The van der Waals surface area contributed by atoms with Crippen LogP contribution in [0.2, 0.25) is 5.02 Å². The zero-order chi connectivity index (χ0) is 20.4. The summed E-state index contributed by atoms with van der Waals surface area (Å²) < 4.78 is 35.5. The quantitative estimate of drug-likeness (QED) is 0.539. The number of tetrazole rings is 1. The molecule has 0 bridgehead atoms. The molecule has 0 fully saturated rings. The smallest absolute Gasteiger partial charge is 0.365 e. The molecule has 0 aliphatic rings. The SMILES string of the molecule is O=c1[nH]nnn1-c1cccc(Cl)c1COc1cc(F)c(-c2ccccn2)cc1F. The lowest BCUT2D eigenvalue weighted by Crippen LogP contribution is -2.18. The first kappa shape index (κ1) is 18.8. The van der Waals surface area contributed by atoms with Crippen LogP contribution in [0.5, 0.6) is 5.75 Å². The van der Waals surface area contributed by atoms with Gasteiger partial charge in [0.2, 0.25) is 0 Å². The Morgan fingerprint density at radius 1 is 1.10 bits per heavy atom. The second kappa shape index (κ2) is 7.80. The fourth-order valence-corrected chi connectivity index (χ4v) is 2.98. The van der Waals surface area contributed by atoms with Crippen LogP contribution in [0.4, 0.5) is 8.78 Å². The van der Waals surface area contributed by atoms with Crippen LogP contribution in [0.25, 0.3) is 16.9 Å². The summed E-state index contributed by atoms with van der Waals surface area (Å²) in [5.74, 6) is -1.76. The van der Waals surface area contributed by atoms with Crippen LogP contribution < -0.4 is 10.4 Å². The maximum absolute atomic E-state index is 14.5. The minimum absolute atomic E-state index is 0.0167. The number of ether oxygens (including phenoxy) is 1. The molecule has 0 aliphatic carbocycles. The van der Waals surface area contributed by atoms with Gasteiger partial charge in [-0.25, -0.2) is 18.7 Å². The van der Waals surface area contributed by atoms with Crippen molar-refractivity contribution in [2.45, 2.75) is 6.61 Å². The number of rotatable bonds is 5. The Balaban J connectivity index is 1.65. The van der Waals surface area contributed by atoms with Gasteiger partial charge in [-0.15, -0.1) is 0 Å². The molecule has 29 heavy (non-hydrogen) atoms. The largest absolute Gasteiger partial charge is 0.486 e. The lowest BCUT2D eigenvalue weighted by Gasteiger charge is -2.13. The average Bonchev–Trinajstić information content (AvgIpc) is 3.15. The Bertz CT molecular complexity index is 1230. The van der Waals surface area contributed by atoms with E-state index in [4.69, 9.17) is 16.3 Å². The van der Waals surface area contributed by atoms with Gasteiger partial charge in [-0.2, -0.15) is 4.68 Å². The number of nitrogens with one attached hydrogen (secondary N) is 1. The Morgan fingerprint density at radius 3 is 2.69 bits per heavy atom. The van der Waals surface area contributed by atoms with Crippen molar-refractivity contribution in [3.63, 3.8) is 0 Å². The molecule has 1 N–H and O–H groups in total. The van der Waals surface area contributed by atoms with E-state index in [1.54, 1.807) is 36.4 Å². The molecule has 2 heterocycles. The van der Waals surface area contributed by atoms with E-state index >= 15 is 0 Å². The molecule has 4 rings (SSSR count). The Morgan fingerprint density at radius 2 is 1.97 bits per heavy atom. The van der Waals surface area contributed by atoms with Crippen LogP contribution in [0.1, 0.15) is 5.56 Å². The first-order valence-corrected chi connectivity index (χ1v) is 8.74. The van der Waals surface area contributed by atoms with Gasteiger partial charge < -0.3 is 4.74 Å². The first-order chi connectivity index (χ1) is 14.0. The molecule has 0 amide bonds. The van der Waals surface area contributed by atoms with Crippen molar-refractivity contribution in [1.29, 1.82) is 0 Å². The lowest BCUT2D eigenvalue weighted by atomic mass is 10.1. The maximum atomic E-state index is 14.5. The number of pyridine rings is 1. The van der Waals surface area contributed by atoms with Crippen LogP contribution in [-0.2, 0) is 6.61 Å². The highest BCUT2D eigenvalue weighted by molar-refractivity contribution is 6.31. The van der Waals surface area contributed by atoms with Gasteiger partial charge in [0.1, 0.15) is 12.4 Å². The van der Waals surface area contributed by atoms with Crippen molar-refractivity contribution in [2.24, 2.45) is 0 Å². The monoisotopic (exact) mass is 415 g/mol. The number of benzene rings is 2. The highest BCUT2D eigenvalue weighted by Gasteiger charge is 2.17. The molecule has 0 atom stereocenters. The molecule has 0 saturated carbocycles. The molecule has 0 radical (unpaired) electrons. The van der Waals surface area contributed by atoms with Gasteiger partial charge in [0.05, 0.1) is 11.4 Å². The van der Waals surface area contributed by atoms with E-state index in [9.17, 15) is 13.6 Å². The van der Waals surface area contributed by atoms with E-state index in [1.165, 1.54) is 6.20 Å². The van der Waals surface area contributed by atoms with Crippen molar-refractivity contribution < 1.29 is 13.5 Å². The van der Waals surface area contributed by atoms with E-state index in [0.717, 1.165) is 16.8 Å². The van der Waals surface area contributed by atoms with Gasteiger partial charge in [0, 0.05) is 28.4 Å². The molecule has 10 heteroatoms. The van der Waals surface area contributed by atoms with Crippen LogP contribution in [0.15, 0.2) is 59.5 Å². The van der Waals surface area contributed by atoms with Crippen molar-refractivity contribution >= 4 is 11.6 Å². The number of hydrogen-bond donors (Lipinski definition) is 1. The van der Waals surface area contributed by atoms with Crippen molar-refractivity contribution in [2.75, 3.05) is 0 Å². The standard InChI is InChI=1S/C19H12ClF2N5O2/c20-13-4-3-6-17(27-19(28)24-25-26-27)12(13)10-29-18-9-14(21)11(8-15(18)22)16-5-1-2-7-23-16/h1-9H,10H2,(H,24,26,28). The van der Waals surface area contributed by atoms with E-state index in [1.807, 2.05) is 0 Å². The summed E-state index contributed by atoms with van der Waals surface area (Å²) in [5.41, 5.74) is 0.406. The molecule has 0 unspecified atom stereocenters. The summed E-state index contributed by atoms with van der Waals surface area (Å²) >= 11 is 6.21. The zero-order valence-corrected chi connectivity index (χ0v) is 15.4. The third kappa shape index (κ3) is 3.72. The summed E-state index contributed by atoms with van der Waals surface area (Å²) in [4.78, 5) is 15.8. The van der Waals surface area contributed by atoms with Crippen LogP contribution in [0.3, 0.4) is 0 Å². The number of nitrogens with zero attached hydrogens (tertiary/aromatic N) is 4. The van der Waals surface area contributed by atoms with Gasteiger partial charge >= 0.3 is 5.69 Å². The Hall–Kier alpha value is -3.59. The molecule has 2 aromatic carbocycles. The number of aromatic nitrogens is 5. The first-order valence-electron chi connectivity index (χ1n) is 8.36. The molecular weight excluding hydrogens is 404 g/mol. The number of hydrogen-bond acceptors (Lipinski definition) is 5. The third-order valence-electron chi connectivity index (χ3n) is 4.13. The summed E-state index contributed by atoms with van der Waals surface area (Å²) in [7, 11) is 0. The number of halogens is 3. The highest BCUT2D eigenvalue weighted by Crippen LogP contribution is 2.30. The minimum Gasteiger partial charge on any atom is -0.486 e. The predicted molar refractivity (Wildman–Crippen MR) is 101 cm³/mol. The van der Waals surface area contributed by atoms with Gasteiger partial charge in [-0.05, 0) is 40.8 Å². The average molecular weight is 416 g/mol. The lowest BCUT2D eigenvalue weighted by molar-refractivity contribution is 0.288. The summed E-state index contributed by atoms with van der Waals surface area (Å²) in [6.45, 7) is -0.229. The molecule has 4 aromatic rings.